The van der Waals surface area contributed by atoms with Crippen molar-refractivity contribution in [2.75, 3.05) is 25.0 Å². The number of piperidine rings is 1. The smallest absolute Gasteiger partial charge is 0.330 e. The highest BCUT2D eigenvalue weighted by molar-refractivity contribution is 7.89. The standard InChI is InChI=1S/C18H23N3O5S2/c1-2-26-17(23)11-10-16(22)20-18(27)19-14-6-8-15(9-7-14)28(24,25)21-12-4-3-5-13-21/h6-11H,2-5,12-13H2,1H3,(H2,19,20,22,27)/b11-10+. The minimum absolute atomic E-state index is 0.0187. The van der Waals surface area contributed by atoms with Crippen LogP contribution >= 0.6 is 12.2 Å². The van der Waals surface area contributed by atoms with Crippen LogP contribution in [-0.4, -0.2) is 49.4 Å². The highest BCUT2D eigenvalue weighted by atomic mass is 32.2. The molecule has 0 aliphatic carbocycles. The minimum Gasteiger partial charge on any atom is -0.463 e. The van der Waals surface area contributed by atoms with Gasteiger partial charge in [0.2, 0.25) is 15.9 Å². The molecule has 0 aromatic heterocycles. The molecule has 0 radical (unpaired) electrons. The number of nitrogens with zero attached hydrogens (tertiary/aromatic N) is 1. The van der Waals surface area contributed by atoms with Crippen molar-refractivity contribution in [3.63, 3.8) is 0 Å². The lowest BCUT2D eigenvalue weighted by molar-refractivity contribution is -0.137. The van der Waals surface area contributed by atoms with E-state index in [2.05, 4.69) is 15.4 Å². The normalized spacial score (nSPS) is 15.2. The summed E-state index contributed by atoms with van der Waals surface area (Å²) in [4.78, 5) is 23.1. The SMILES string of the molecule is CCOC(=O)/C=C/C(=O)NC(=S)Nc1ccc(S(=O)(=O)N2CCCCC2)cc1. The Hall–Kier alpha value is -2.30. The van der Waals surface area contributed by atoms with E-state index in [1.165, 1.54) is 16.4 Å². The van der Waals surface area contributed by atoms with Gasteiger partial charge in [0.1, 0.15) is 0 Å². The maximum Gasteiger partial charge on any atom is 0.330 e. The second-order valence-electron chi connectivity index (χ2n) is 6.02. The van der Waals surface area contributed by atoms with Crippen molar-refractivity contribution in [3.8, 4) is 0 Å². The van der Waals surface area contributed by atoms with E-state index in [0.29, 0.717) is 18.8 Å². The molecule has 0 bridgehead atoms. The third-order valence-corrected chi connectivity index (χ3v) is 6.08. The van der Waals surface area contributed by atoms with Crippen LogP contribution in [0.5, 0.6) is 0 Å². The summed E-state index contributed by atoms with van der Waals surface area (Å²) in [5, 5.41) is 5.19. The van der Waals surface area contributed by atoms with E-state index < -0.39 is 21.9 Å². The maximum absolute atomic E-state index is 12.6. The molecule has 2 rings (SSSR count). The lowest BCUT2D eigenvalue weighted by atomic mass is 10.2. The number of rotatable bonds is 6. The fourth-order valence-corrected chi connectivity index (χ4v) is 4.35. The zero-order chi connectivity index (χ0) is 20.6. The van der Waals surface area contributed by atoms with Crippen LogP contribution in [0.3, 0.4) is 0 Å². The Labute approximate surface area is 170 Å². The van der Waals surface area contributed by atoms with Gasteiger partial charge in [0, 0.05) is 30.9 Å². The van der Waals surface area contributed by atoms with Gasteiger partial charge in [-0.2, -0.15) is 4.31 Å². The molecule has 1 aromatic rings. The molecule has 152 valence electrons. The third kappa shape index (κ3) is 6.39. The Balaban J connectivity index is 1.92. The number of amides is 1. The maximum atomic E-state index is 12.6. The van der Waals surface area contributed by atoms with Crippen LogP contribution in [0.1, 0.15) is 26.2 Å². The van der Waals surface area contributed by atoms with Crippen LogP contribution in [0.15, 0.2) is 41.3 Å². The predicted molar refractivity (Wildman–Crippen MR) is 109 cm³/mol. The fourth-order valence-electron chi connectivity index (χ4n) is 2.61. The van der Waals surface area contributed by atoms with Gasteiger partial charge in [-0.3, -0.25) is 10.1 Å². The van der Waals surface area contributed by atoms with Gasteiger partial charge in [0.15, 0.2) is 5.11 Å². The summed E-state index contributed by atoms with van der Waals surface area (Å²) in [7, 11) is -3.50. The third-order valence-electron chi connectivity index (χ3n) is 3.96. The zero-order valence-electron chi connectivity index (χ0n) is 15.5. The van der Waals surface area contributed by atoms with Gasteiger partial charge < -0.3 is 10.1 Å². The van der Waals surface area contributed by atoms with Crippen molar-refractivity contribution in [1.29, 1.82) is 0 Å². The topological polar surface area (TPSA) is 105 Å². The van der Waals surface area contributed by atoms with Crippen molar-refractivity contribution in [2.45, 2.75) is 31.1 Å². The van der Waals surface area contributed by atoms with Crippen LogP contribution < -0.4 is 10.6 Å². The lowest BCUT2D eigenvalue weighted by Gasteiger charge is -2.25. The monoisotopic (exact) mass is 425 g/mol. The second kappa shape index (κ2) is 10.3. The molecule has 0 atom stereocenters. The highest BCUT2D eigenvalue weighted by Gasteiger charge is 2.25. The summed E-state index contributed by atoms with van der Waals surface area (Å²) < 4.78 is 31.4. The molecule has 1 aliphatic heterocycles. The number of carbonyl (C=O) groups excluding carboxylic acids is 2. The number of hydrogen-bond donors (Lipinski definition) is 2. The first kappa shape index (κ1) is 22.0. The number of carbonyl (C=O) groups is 2. The molecule has 1 heterocycles. The summed E-state index contributed by atoms with van der Waals surface area (Å²) in [5.74, 6) is -1.21. The molecular formula is C18H23N3O5S2. The van der Waals surface area contributed by atoms with Crippen molar-refractivity contribution < 1.29 is 22.7 Å². The number of ether oxygens (including phenoxy) is 1. The molecule has 28 heavy (non-hydrogen) atoms. The molecule has 1 aliphatic rings. The minimum atomic E-state index is -3.50. The fraction of sp³-hybridized carbons (Fsp3) is 0.389. The van der Waals surface area contributed by atoms with Crippen molar-refractivity contribution >= 4 is 44.9 Å². The molecule has 0 spiro atoms. The Morgan fingerprint density at radius 1 is 1.14 bits per heavy atom. The summed E-state index contributed by atoms with van der Waals surface area (Å²) in [6.45, 7) is 2.96. The number of anilines is 1. The lowest BCUT2D eigenvalue weighted by Crippen LogP contribution is -2.35. The average molecular weight is 426 g/mol. The largest absolute Gasteiger partial charge is 0.463 e. The molecule has 10 heteroatoms. The van der Waals surface area contributed by atoms with Gasteiger partial charge >= 0.3 is 5.97 Å². The van der Waals surface area contributed by atoms with Crippen LogP contribution in [0, 0.1) is 0 Å². The van der Waals surface area contributed by atoms with E-state index >= 15 is 0 Å². The van der Waals surface area contributed by atoms with Crippen LogP contribution in [0.4, 0.5) is 5.69 Å². The summed E-state index contributed by atoms with van der Waals surface area (Å²) >= 11 is 5.03. The van der Waals surface area contributed by atoms with Gasteiger partial charge in [-0.15, -0.1) is 0 Å². The predicted octanol–water partition coefficient (Wildman–Crippen LogP) is 1.79. The average Bonchev–Trinajstić information content (AvgIpc) is 2.67. The molecule has 2 N–H and O–H groups in total. The van der Waals surface area contributed by atoms with Gasteiger partial charge in [-0.1, -0.05) is 6.42 Å². The summed E-state index contributed by atoms with van der Waals surface area (Å²) in [5.41, 5.74) is 0.525. The molecule has 0 saturated carbocycles. The molecule has 8 nitrogen and oxygen atoms in total. The van der Waals surface area contributed by atoms with Gasteiger partial charge in [0.05, 0.1) is 11.5 Å². The van der Waals surface area contributed by atoms with E-state index in [4.69, 9.17) is 12.2 Å². The molecule has 1 aromatic carbocycles. The number of benzene rings is 1. The van der Waals surface area contributed by atoms with Crippen LogP contribution in [-0.2, 0) is 24.3 Å². The Morgan fingerprint density at radius 3 is 2.39 bits per heavy atom. The Morgan fingerprint density at radius 2 is 1.79 bits per heavy atom. The summed E-state index contributed by atoms with van der Waals surface area (Å²) in [6.07, 6.45) is 4.81. The van der Waals surface area contributed by atoms with E-state index in [9.17, 15) is 18.0 Å². The highest BCUT2D eigenvalue weighted by Crippen LogP contribution is 2.21. The van der Waals surface area contributed by atoms with Crippen molar-refractivity contribution in [2.24, 2.45) is 0 Å². The molecule has 0 unspecified atom stereocenters. The first-order valence-electron chi connectivity index (χ1n) is 8.90. The van der Waals surface area contributed by atoms with Crippen molar-refractivity contribution in [3.05, 3.63) is 36.4 Å². The van der Waals surface area contributed by atoms with E-state index in [1.807, 2.05) is 0 Å². The Kier molecular flexibility index (Phi) is 8.09. The van der Waals surface area contributed by atoms with Gasteiger partial charge in [0.25, 0.3) is 0 Å². The number of sulfonamides is 1. The second-order valence-corrected chi connectivity index (χ2v) is 8.36. The first-order valence-corrected chi connectivity index (χ1v) is 10.7. The molecule has 1 fully saturated rings. The Bertz CT molecular complexity index is 844. The number of hydrogen-bond acceptors (Lipinski definition) is 6. The van der Waals surface area contributed by atoms with Gasteiger partial charge in [-0.05, 0) is 56.2 Å². The molecule has 1 saturated heterocycles. The molecule has 1 amide bonds. The number of thiocarbonyl (C=S) groups is 1. The zero-order valence-corrected chi connectivity index (χ0v) is 17.1. The van der Waals surface area contributed by atoms with Crippen LogP contribution in [0.25, 0.3) is 0 Å². The van der Waals surface area contributed by atoms with Crippen molar-refractivity contribution in [1.82, 2.24) is 9.62 Å². The van der Waals surface area contributed by atoms with E-state index in [0.717, 1.165) is 31.4 Å². The number of nitrogens with one attached hydrogen (secondary N) is 2. The quantitative estimate of drug-likeness (QED) is 0.407. The van der Waals surface area contributed by atoms with E-state index in [-0.39, 0.29) is 16.6 Å². The van der Waals surface area contributed by atoms with Crippen LogP contribution in [0.2, 0.25) is 0 Å². The summed E-state index contributed by atoms with van der Waals surface area (Å²) in [6, 6.07) is 6.14. The first-order chi connectivity index (χ1) is 13.3. The number of esters is 1. The molecular weight excluding hydrogens is 402 g/mol. The van der Waals surface area contributed by atoms with Gasteiger partial charge in [-0.25, -0.2) is 13.2 Å². The van der Waals surface area contributed by atoms with E-state index in [1.54, 1.807) is 19.1 Å².